The zero-order valence-corrected chi connectivity index (χ0v) is 13.6. The van der Waals surface area contributed by atoms with E-state index in [0.717, 1.165) is 11.1 Å². The number of aromatic nitrogens is 3. The fourth-order valence-electron chi connectivity index (χ4n) is 2.16. The summed E-state index contributed by atoms with van der Waals surface area (Å²) in [6.45, 7) is 2.20. The van der Waals surface area contributed by atoms with E-state index in [-0.39, 0.29) is 5.56 Å². The lowest BCUT2D eigenvalue weighted by molar-refractivity contribution is 0.0696. The lowest BCUT2D eigenvalue weighted by atomic mass is 10.2. The van der Waals surface area contributed by atoms with Gasteiger partial charge in [-0.2, -0.15) is 9.78 Å². The van der Waals surface area contributed by atoms with Crippen LogP contribution < -0.4 is 4.74 Å². The summed E-state index contributed by atoms with van der Waals surface area (Å²) in [5, 5.41) is 14.0. The van der Waals surface area contributed by atoms with Crippen LogP contribution in [-0.4, -0.2) is 25.8 Å². The normalized spacial score (nSPS) is 10.6. The highest BCUT2D eigenvalue weighted by molar-refractivity contribution is 6.30. The molecular formula is C17H14ClN3O3. The Labute approximate surface area is 143 Å². The smallest absolute Gasteiger partial charge is 0.335 e. The largest absolute Gasteiger partial charge is 0.478 e. The molecule has 0 bridgehead atoms. The zero-order valence-electron chi connectivity index (χ0n) is 12.8. The van der Waals surface area contributed by atoms with E-state index in [4.69, 9.17) is 21.4 Å². The maximum Gasteiger partial charge on any atom is 0.335 e. The van der Waals surface area contributed by atoms with Crippen molar-refractivity contribution in [3.63, 3.8) is 0 Å². The minimum absolute atomic E-state index is 0.136. The van der Waals surface area contributed by atoms with Gasteiger partial charge in [-0.1, -0.05) is 23.7 Å². The summed E-state index contributed by atoms with van der Waals surface area (Å²) < 4.78 is 7.34. The fourth-order valence-corrected chi connectivity index (χ4v) is 2.28. The average Bonchev–Trinajstić information content (AvgIpc) is 2.95. The molecule has 0 atom stereocenters. The molecule has 0 spiro atoms. The Morgan fingerprint density at radius 2 is 2.04 bits per heavy atom. The highest BCUT2D eigenvalue weighted by Gasteiger charge is 2.14. The van der Waals surface area contributed by atoms with Crippen LogP contribution in [0.4, 0.5) is 0 Å². The van der Waals surface area contributed by atoms with Gasteiger partial charge in [0.2, 0.25) is 5.88 Å². The number of benzene rings is 1. The molecule has 0 radical (unpaired) electrons. The number of rotatable bonds is 5. The molecule has 2 aromatic heterocycles. The third kappa shape index (κ3) is 3.38. The summed E-state index contributed by atoms with van der Waals surface area (Å²) >= 11 is 5.87. The molecule has 0 unspecified atom stereocenters. The van der Waals surface area contributed by atoms with Crippen molar-refractivity contribution in [3.05, 3.63) is 70.5 Å². The predicted molar refractivity (Wildman–Crippen MR) is 88.8 cm³/mol. The molecule has 1 aromatic carbocycles. The quantitative estimate of drug-likeness (QED) is 0.767. The van der Waals surface area contributed by atoms with Crippen molar-refractivity contribution in [2.75, 3.05) is 0 Å². The summed E-state index contributed by atoms with van der Waals surface area (Å²) in [5.74, 6) is -0.125. The van der Waals surface area contributed by atoms with Gasteiger partial charge >= 0.3 is 5.97 Å². The number of hydrogen-bond donors (Lipinski definition) is 1. The number of carbonyl (C=O) groups is 1. The van der Waals surface area contributed by atoms with Crippen molar-refractivity contribution in [1.29, 1.82) is 0 Å². The summed E-state index contributed by atoms with van der Waals surface area (Å²) in [6.07, 6.45) is 3.07. The first-order chi connectivity index (χ1) is 11.5. The Morgan fingerprint density at radius 3 is 2.75 bits per heavy atom. The molecule has 3 aromatic rings. The average molecular weight is 344 g/mol. The number of aromatic carboxylic acids is 1. The molecule has 0 aliphatic carbocycles. The van der Waals surface area contributed by atoms with Gasteiger partial charge in [-0.3, -0.25) is 0 Å². The monoisotopic (exact) mass is 343 g/mol. The van der Waals surface area contributed by atoms with Crippen molar-refractivity contribution in [3.8, 4) is 11.7 Å². The van der Waals surface area contributed by atoms with Gasteiger partial charge in [0.1, 0.15) is 6.61 Å². The third-order valence-electron chi connectivity index (χ3n) is 3.39. The first kappa shape index (κ1) is 16.0. The summed E-state index contributed by atoms with van der Waals surface area (Å²) in [6, 6.07) is 10.2. The number of halogens is 1. The van der Waals surface area contributed by atoms with Crippen molar-refractivity contribution >= 4 is 17.6 Å². The molecule has 7 heteroatoms. The number of carboxylic acids is 1. The molecule has 0 saturated carbocycles. The SMILES string of the molecule is Cc1cnn(-c2cc(C(=O)O)ccn2)c1OCc1ccc(Cl)cc1. The molecule has 6 nitrogen and oxygen atoms in total. The second-order valence-electron chi connectivity index (χ2n) is 5.17. The van der Waals surface area contributed by atoms with E-state index in [0.29, 0.717) is 23.3 Å². The third-order valence-corrected chi connectivity index (χ3v) is 3.65. The molecule has 3 rings (SSSR count). The Hall–Kier alpha value is -2.86. The van der Waals surface area contributed by atoms with Gasteiger partial charge in [0.05, 0.1) is 11.8 Å². The standard InChI is InChI=1S/C17H14ClN3O3/c1-11-9-20-21(15-8-13(17(22)23)6-7-19-15)16(11)24-10-12-2-4-14(18)5-3-12/h2-9H,10H2,1H3,(H,22,23). The predicted octanol–water partition coefficient (Wildman–Crippen LogP) is 3.51. The number of hydrogen-bond acceptors (Lipinski definition) is 4. The van der Waals surface area contributed by atoms with Crippen molar-refractivity contribution in [1.82, 2.24) is 14.8 Å². The molecule has 0 aliphatic heterocycles. The lowest BCUT2D eigenvalue weighted by Crippen LogP contribution is -2.07. The van der Waals surface area contributed by atoms with Crippen LogP contribution >= 0.6 is 11.6 Å². The van der Waals surface area contributed by atoms with Gasteiger partial charge in [0, 0.05) is 16.8 Å². The molecule has 1 N–H and O–H groups in total. The van der Waals surface area contributed by atoms with Crippen molar-refractivity contribution in [2.45, 2.75) is 13.5 Å². The highest BCUT2D eigenvalue weighted by atomic mass is 35.5. The van der Waals surface area contributed by atoms with E-state index >= 15 is 0 Å². The number of aryl methyl sites for hydroxylation is 1. The van der Waals surface area contributed by atoms with Gasteiger partial charge in [-0.05, 0) is 36.8 Å². The number of carboxylic acid groups (broad SMARTS) is 1. The molecule has 2 heterocycles. The number of ether oxygens (including phenoxy) is 1. The maximum absolute atomic E-state index is 11.1. The molecule has 0 aliphatic rings. The van der Waals surface area contributed by atoms with Crippen LogP contribution in [0.2, 0.25) is 5.02 Å². The topological polar surface area (TPSA) is 77.2 Å². The van der Waals surface area contributed by atoms with Crippen molar-refractivity contribution in [2.24, 2.45) is 0 Å². The maximum atomic E-state index is 11.1. The van der Waals surface area contributed by atoms with Gasteiger partial charge in [-0.25, -0.2) is 9.78 Å². The second-order valence-corrected chi connectivity index (χ2v) is 5.60. The van der Waals surface area contributed by atoms with Crippen LogP contribution in [0.5, 0.6) is 5.88 Å². The summed E-state index contributed by atoms with van der Waals surface area (Å²) in [4.78, 5) is 15.3. The van der Waals surface area contributed by atoms with Crippen LogP contribution in [0.1, 0.15) is 21.5 Å². The van der Waals surface area contributed by atoms with Gasteiger partial charge in [0.25, 0.3) is 0 Å². The van der Waals surface area contributed by atoms with E-state index < -0.39 is 5.97 Å². The second kappa shape index (κ2) is 6.72. The van der Waals surface area contributed by atoms with E-state index in [1.165, 1.54) is 23.0 Å². The van der Waals surface area contributed by atoms with E-state index in [1.54, 1.807) is 18.3 Å². The summed E-state index contributed by atoms with van der Waals surface area (Å²) in [7, 11) is 0. The van der Waals surface area contributed by atoms with Gasteiger partial charge in [-0.15, -0.1) is 0 Å². The van der Waals surface area contributed by atoms with Crippen LogP contribution in [0.15, 0.2) is 48.8 Å². The fraction of sp³-hybridized carbons (Fsp3) is 0.118. The Bertz CT molecular complexity index is 875. The minimum Gasteiger partial charge on any atom is -0.478 e. The number of pyridine rings is 1. The molecule has 122 valence electrons. The first-order valence-corrected chi connectivity index (χ1v) is 7.54. The van der Waals surface area contributed by atoms with Crippen LogP contribution in [0.3, 0.4) is 0 Å². The number of nitrogens with zero attached hydrogens (tertiary/aromatic N) is 3. The van der Waals surface area contributed by atoms with Crippen LogP contribution in [0.25, 0.3) is 5.82 Å². The first-order valence-electron chi connectivity index (χ1n) is 7.16. The molecule has 0 saturated heterocycles. The van der Waals surface area contributed by atoms with E-state index in [1.807, 2.05) is 19.1 Å². The van der Waals surface area contributed by atoms with Crippen LogP contribution in [-0.2, 0) is 6.61 Å². The highest BCUT2D eigenvalue weighted by Crippen LogP contribution is 2.22. The van der Waals surface area contributed by atoms with E-state index in [2.05, 4.69) is 10.1 Å². The Balaban J connectivity index is 1.87. The minimum atomic E-state index is -1.02. The molecule has 0 amide bonds. The van der Waals surface area contributed by atoms with E-state index in [9.17, 15) is 4.79 Å². The molecule has 24 heavy (non-hydrogen) atoms. The molecular weight excluding hydrogens is 330 g/mol. The van der Waals surface area contributed by atoms with Gasteiger partial charge < -0.3 is 9.84 Å². The van der Waals surface area contributed by atoms with Crippen LogP contribution in [0, 0.1) is 6.92 Å². The molecule has 0 fully saturated rings. The summed E-state index contributed by atoms with van der Waals surface area (Å²) in [5.41, 5.74) is 1.92. The Kier molecular flexibility index (Phi) is 4.48. The zero-order chi connectivity index (χ0) is 17.1. The van der Waals surface area contributed by atoms with Gasteiger partial charge in [0.15, 0.2) is 5.82 Å². The lowest BCUT2D eigenvalue weighted by Gasteiger charge is -2.10. The Morgan fingerprint density at radius 1 is 1.29 bits per heavy atom. The van der Waals surface area contributed by atoms with Crippen molar-refractivity contribution < 1.29 is 14.6 Å².